The van der Waals surface area contributed by atoms with Crippen LogP contribution in [0, 0.1) is 11.3 Å². The highest BCUT2D eigenvalue weighted by Crippen LogP contribution is 2.27. The molecule has 8 nitrogen and oxygen atoms in total. The van der Waals surface area contributed by atoms with Gasteiger partial charge in [-0.3, -0.25) is 0 Å². The maximum Gasteiger partial charge on any atom is 0.434 e. The molecule has 0 aromatic heterocycles. The number of methoxy groups -OCH3 is 1. The molecule has 0 radical (unpaired) electrons. The van der Waals surface area contributed by atoms with Crippen LogP contribution in [0.15, 0.2) is 48.5 Å². The number of hydrogen-bond acceptors (Lipinski definition) is 6. The molecule has 2 amide bonds. The molecule has 0 aliphatic carbocycles. The van der Waals surface area contributed by atoms with Gasteiger partial charge in [-0.25, -0.2) is 15.0 Å². The van der Waals surface area contributed by atoms with E-state index in [9.17, 15) is 14.9 Å². The highest BCUT2D eigenvalue weighted by Gasteiger charge is 2.30. The van der Waals surface area contributed by atoms with E-state index in [1.165, 1.54) is 0 Å². The van der Waals surface area contributed by atoms with Crippen LogP contribution in [0.5, 0.6) is 5.75 Å². The van der Waals surface area contributed by atoms with Crippen LogP contribution in [0.3, 0.4) is 0 Å². The number of hydrazine groups is 1. The van der Waals surface area contributed by atoms with Crippen molar-refractivity contribution in [1.29, 1.82) is 5.26 Å². The maximum absolute atomic E-state index is 13.3. The minimum atomic E-state index is -0.853. The van der Waals surface area contributed by atoms with Crippen LogP contribution >= 0.6 is 0 Å². The number of carbonyl (C=O) groups excluding carboxylic acids is 2. The van der Waals surface area contributed by atoms with Crippen LogP contribution in [-0.2, 0) is 9.47 Å². The monoisotopic (exact) mass is 465 g/mol. The molecule has 180 valence electrons. The first kappa shape index (κ1) is 26.3. The van der Waals surface area contributed by atoms with Gasteiger partial charge >= 0.3 is 12.2 Å². The van der Waals surface area contributed by atoms with Gasteiger partial charge in [0.05, 0.1) is 24.4 Å². The molecule has 2 aromatic carbocycles. The van der Waals surface area contributed by atoms with Gasteiger partial charge < -0.3 is 14.2 Å². The van der Waals surface area contributed by atoms with E-state index in [2.05, 4.69) is 11.5 Å². The van der Waals surface area contributed by atoms with E-state index in [0.29, 0.717) is 22.4 Å². The fourth-order valence-corrected chi connectivity index (χ4v) is 2.83. The van der Waals surface area contributed by atoms with E-state index in [1.807, 2.05) is 0 Å². The summed E-state index contributed by atoms with van der Waals surface area (Å²) in [7, 11) is 1.56. The molecular weight excluding hydrogens is 434 g/mol. The number of ether oxygens (including phenoxy) is 3. The van der Waals surface area contributed by atoms with Crippen LogP contribution in [0.2, 0.25) is 0 Å². The maximum atomic E-state index is 13.3. The normalized spacial score (nSPS) is 11.8. The summed E-state index contributed by atoms with van der Waals surface area (Å²) in [6.45, 7) is 10.3. The highest BCUT2D eigenvalue weighted by atomic mass is 16.6. The first-order valence-electron chi connectivity index (χ1n) is 10.7. The molecule has 0 aliphatic rings. The SMILES string of the molecule is COc1ccc(/C=C(\c2ccccc2C#N)N(NC(=O)OC(C)(C)C)C(=O)OC(C)(C)C)cc1. The molecule has 2 rings (SSSR count). The zero-order chi connectivity index (χ0) is 25.5. The summed E-state index contributed by atoms with van der Waals surface area (Å²) in [5.41, 5.74) is 2.49. The van der Waals surface area contributed by atoms with Gasteiger partial charge in [-0.15, -0.1) is 0 Å². The van der Waals surface area contributed by atoms with Crippen molar-refractivity contribution < 1.29 is 23.8 Å². The molecule has 0 fully saturated rings. The average molecular weight is 466 g/mol. The Bertz CT molecular complexity index is 1090. The van der Waals surface area contributed by atoms with E-state index in [0.717, 1.165) is 5.01 Å². The van der Waals surface area contributed by atoms with Crippen LogP contribution < -0.4 is 10.2 Å². The highest BCUT2D eigenvalue weighted by molar-refractivity contribution is 5.92. The summed E-state index contributed by atoms with van der Waals surface area (Å²) in [5, 5.41) is 10.7. The number of amides is 2. The Morgan fingerprint density at radius 1 is 0.941 bits per heavy atom. The lowest BCUT2D eigenvalue weighted by Crippen LogP contribution is -2.48. The number of nitrogens with one attached hydrogen (secondary N) is 1. The molecule has 0 unspecified atom stereocenters. The molecular formula is C26H31N3O5. The second-order valence-electron chi connectivity index (χ2n) is 9.39. The Kier molecular flexibility index (Phi) is 8.31. The smallest absolute Gasteiger partial charge is 0.434 e. The summed E-state index contributed by atoms with van der Waals surface area (Å²) < 4.78 is 16.1. The third kappa shape index (κ3) is 7.85. The molecule has 0 heterocycles. The van der Waals surface area contributed by atoms with E-state index in [1.54, 1.807) is 103 Å². The minimum Gasteiger partial charge on any atom is -0.497 e. The Balaban J connectivity index is 2.67. The summed E-state index contributed by atoms with van der Waals surface area (Å²) in [6, 6.07) is 16.0. The summed E-state index contributed by atoms with van der Waals surface area (Å²) in [4.78, 5) is 25.9. The van der Waals surface area contributed by atoms with Crippen molar-refractivity contribution in [2.45, 2.75) is 52.7 Å². The second-order valence-corrected chi connectivity index (χ2v) is 9.39. The Hall–Kier alpha value is -3.99. The van der Waals surface area contributed by atoms with Crippen molar-refractivity contribution in [2.75, 3.05) is 7.11 Å². The van der Waals surface area contributed by atoms with Crippen molar-refractivity contribution >= 4 is 24.0 Å². The molecule has 2 aromatic rings. The van der Waals surface area contributed by atoms with Gasteiger partial charge in [-0.05, 0) is 71.4 Å². The Morgan fingerprint density at radius 2 is 1.53 bits per heavy atom. The standard InChI is InChI=1S/C26H31N3O5/c1-25(2,3)33-23(30)28-29(24(31)34-26(4,5)6)22(21-11-9-8-10-19(21)17-27)16-18-12-14-20(32-7)15-13-18/h8-16H,1-7H3,(H,28,30)/b22-16+. The number of rotatable bonds is 4. The van der Waals surface area contributed by atoms with Crippen molar-refractivity contribution in [2.24, 2.45) is 0 Å². The van der Waals surface area contributed by atoms with Crippen molar-refractivity contribution in [3.05, 3.63) is 65.2 Å². The largest absolute Gasteiger partial charge is 0.497 e. The Labute approximate surface area is 200 Å². The Morgan fingerprint density at radius 3 is 2.06 bits per heavy atom. The summed E-state index contributed by atoms with van der Waals surface area (Å²) >= 11 is 0. The third-order valence-electron chi connectivity index (χ3n) is 4.16. The molecule has 0 saturated carbocycles. The third-order valence-corrected chi connectivity index (χ3v) is 4.16. The zero-order valence-electron chi connectivity index (χ0n) is 20.6. The molecule has 34 heavy (non-hydrogen) atoms. The van der Waals surface area contributed by atoms with Gasteiger partial charge in [0.25, 0.3) is 0 Å². The lowest BCUT2D eigenvalue weighted by atomic mass is 10.0. The van der Waals surface area contributed by atoms with E-state index < -0.39 is 23.4 Å². The van der Waals surface area contributed by atoms with Gasteiger partial charge in [0, 0.05) is 5.56 Å². The molecule has 0 saturated heterocycles. The lowest BCUT2D eigenvalue weighted by Gasteiger charge is -2.30. The average Bonchev–Trinajstić information content (AvgIpc) is 2.74. The van der Waals surface area contributed by atoms with Crippen LogP contribution in [0.25, 0.3) is 11.8 Å². The molecule has 1 N–H and O–H groups in total. The van der Waals surface area contributed by atoms with Gasteiger partial charge in [0.1, 0.15) is 17.0 Å². The number of nitrogens with zero attached hydrogens (tertiary/aromatic N) is 2. The van der Waals surface area contributed by atoms with Crippen LogP contribution in [0.1, 0.15) is 58.2 Å². The summed E-state index contributed by atoms with van der Waals surface area (Å²) in [5.74, 6) is 0.659. The zero-order valence-corrected chi connectivity index (χ0v) is 20.6. The molecule has 0 spiro atoms. The predicted octanol–water partition coefficient (Wildman–Crippen LogP) is 5.74. The van der Waals surface area contributed by atoms with Gasteiger partial charge in [-0.2, -0.15) is 10.3 Å². The minimum absolute atomic E-state index is 0.224. The van der Waals surface area contributed by atoms with Gasteiger partial charge in [0.2, 0.25) is 0 Å². The number of benzene rings is 2. The molecule has 0 aliphatic heterocycles. The van der Waals surface area contributed by atoms with Gasteiger partial charge in [-0.1, -0.05) is 30.3 Å². The fourth-order valence-electron chi connectivity index (χ4n) is 2.83. The van der Waals surface area contributed by atoms with Crippen molar-refractivity contribution in [1.82, 2.24) is 10.4 Å². The number of hydrogen-bond donors (Lipinski definition) is 1. The number of nitriles is 1. The van der Waals surface area contributed by atoms with E-state index in [-0.39, 0.29) is 5.70 Å². The summed E-state index contributed by atoms with van der Waals surface area (Å²) in [6.07, 6.45) is -0.0315. The van der Waals surface area contributed by atoms with E-state index >= 15 is 0 Å². The first-order valence-corrected chi connectivity index (χ1v) is 10.7. The predicted molar refractivity (Wildman–Crippen MR) is 129 cm³/mol. The number of carbonyl (C=O) groups is 2. The molecule has 0 bridgehead atoms. The van der Waals surface area contributed by atoms with E-state index in [4.69, 9.17) is 14.2 Å². The van der Waals surface area contributed by atoms with Crippen molar-refractivity contribution in [3.8, 4) is 11.8 Å². The topological polar surface area (TPSA) is 101 Å². The molecule has 0 atom stereocenters. The van der Waals surface area contributed by atoms with Crippen LogP contribution in [0.4, 0.5) is 9.59 Å². The molecule has 8 heteroatoms. The van der Waals surface area contributed by atoms with Gasteiger partial charge in [0.15, 0.2) is 0 Å². The lowest BCUT2D eigenvalue weighted by molar-refractivity contribution is 0.0145. The van der Waals surface area contributed by atoms with Crippen LogP contribution in [-0.4, -0.2) is 35.5 Å². The fraction of sp³-hybridized carbons (Fsp3) is 0.346. The quantitative estimate of drug-likeness (QED) is 0.456. The van der Waals surface area contributed by atoms with Crippen molar-refractivity contribution in [3.63, 3.8) is 0 Å². The first-order chi connectivity index (χ1) is 15.8. The second kappa shape index (κ2) is 10.8.